The summed E-state index contributed by atoms with van der Waals surface area (Å²) >= 11 is 1.55. The van der Waals surface area contributed by atoms with Gasteiger partial charge in [0.1, 0.15) is 12.4 Å². The van der Waals surface area contributed by atoms with Gasteiger partial charge in [-0.05, 0) is 42.1 Å². The minimum atomic E-state index is -0.135. The molecule has 0 aliphatic rings. The monoisotopic (exact) mass is 323 g/mol. The summed E-state index contributed by atoms with van der Waals surface area (Å²) in [6, 6.07) is 17.3. The van der Waals surface area contributed by atoms with Crippen LogP contribution in [-0.2, 0) is 6.61 Å². The van der Waals surface area contributed by atoms with Crippen LogP contribution in [0.3, 0.4) is 0 Å². The first kappa shape index (κ1) is 15.3. The number of hydrogen-bond acceptors (Lipinski definition) is 3. The molecule has 4 heteroatoms. The molecule has 1 N–H and O–H groups in total. The molecule has 0 saturated carbocycles. The zero-order valence-corrected chi connectivity index (χ0v) is 13.6. The zero-order valence-electron chi connectivity index (χ0n) is 12.8. The molecule has 0 aliphatic carbocycles. The van der Waals surface area contributed by atoms with Gasteiger partial charge in [0.2, 0.25) is 0 Å². The first-order valence-electron chi connectivity index (χ1n) is 7.33. The van der Waals surface area contributed by atoms with Crippen LogP contribution in [0.15, 0.2) is 65.4 Å². The van der Waals surface area contributed by atoms with E-state index in [1.165, 1.54) is 5.56 Å². The quantitative estimate of drug-likeness (QED) is 0.726. The summed E-state index contributed by atoms with van der Waals surface area (Å²) in [6.07, 6.45) is 0. The second-order valence-electron chi connectivity index (χ2n) is 5.27. The number of anilines is 1. The highest BCUT2D eigenvalue weighted by molar-refractivity contribution is 7.08. The van der Waals surface area contributed by atoms with Gasteiger partial charge in [0, 0.05) is 10.9 Å². The standard InChI is InChI=1S/C19H17NO2S/c1-14-4-2-5-15(10-14)12-22-18-7-3-6-16(11-18)19(21)20-17-8-9-23-13-17/h2-11,13H,12H2,1H3,(H,20,21). The largest absolute Gasteiger partial charge is 0.489 e. The zero-order chi connectivity index (χ0) is 16.1. The molecule has 0 radical (unpaired) electrons. The van der Waals surface area contributed by atoms with Gasteiger partial charge in [0.15, 0.2) is 0 Å². The van der Waals surface area contributed by atoms with E-state index in [1.54, 1.807) is 23.5 Å². The van der Waals surface area contributed by atoms with Crippen LogP contribution in [-0.4, -0.2) is 5.91 Å². The Morgan fingerprint density at radius 2 is 2.00 bits per heavy atom. The number of amides is 1. The SMILES string of the molecule is Cc1cccc(COc2cccc(C(=O)Nc3ccsc3)c2)c1. The Kier molecular flexibility index (Phi) is 4.74. The van der Waals surface area contributed by atoms with Crippen LogP contribution in [0, 0.1) is 6.92 Å². The second kappa shape index (κ2) is 7.11. The molecule has 0 unspecified atom stereocenters. The van der Waals surface area contributed by atoms with Crippen LogP contribution < -0.4 is 10.1 Å². The summed E-state index contributed by atoms with van der Waals surface area (Å²) in [5.41, 5.74) is 3.71. The number of rotatable bonds is 5. The molecular formula is C19H17NO2S. The van der Waals surface area contributed by atoms with Gasteiger partial charge >= 0.3 is 0 Å². The summed E-state index contributed by atoms with van der Waals surface area (Å²) in [7, 11) is 0. The highest BCUT2D eigenvalue weighted by Crippen LogP contribution is 2.18. The van der Waals surface area contributed by atoms with Crippen molar-refractivity contribution >= 4 is 22.9 Å². The molecule has 116 valence electrons. The van der Waals surface area contributed by atoms with Crippen molar-refractivity contribution in [1.29, 1.82) is 0 Å². The van der Waals surface area contributed by atoms with Gasteiger partial charge in [-0.25, -0.2) is 0 Å². The summed E-state index contributed by atoms with van der Waals surface area (Å²) in [5, 5.41) is 6.69. The number of ether oxygens (including phenoxy) is 1. The highest BCUT2D eigenvalue weighted by Gasteiger charge is 2.07. The van der Waals surface area contributed by atoms with Crippen molar-refractivity contribution in [2.24, 2.45) is 0 Å². The topological polar surface area (TPSA) is 38.3 Å². The van der Waals surface area contributed by atoms with Crippen molar-refractivity contribution in [2.45, 2.75) is 13.5 Å². The molecule has 0 fully saturated rings. The number of benzene rings is 2. The number of hydrogen-bond donors (Lipinski definition) is 1. The minimum Gasteiger partial charge on any atom is -0.489 e. The average molecular weight is 323 g/mol. The predicted molar refractivity (Wildman–Crippen MR) is 94.2 cm³/mol. The van der Waals surface area contributed by atoms with E-state index in [2.05, 4.69) is 24.4 Å². The third-order valence-corrected chi connectivity index (χ3v) is 4.05. The van der Waals surface area contributed by atoms with Crippen LogP contribution >= 0.6 is 11.3 Å². The second-order valence-corrected chi connectivity index (χ2v) is 6.05. The maximum Gasteiger partial charge on any atom is 0.255 e. The fraction of sp³-hybridized carbons (Fsp3) is 0.105. The molecule has 0 aliphatic heterocycles. The number of carbonyl (C=O) groups is 1. The maximum atomic E-state index is 12.2. The Morgan fingerprint density at radius 3 is 2.78 bits per heavy atom. The maximum absolute atomic E-state index is 12.2. The summed E-state index contributed by atoms with van der Waals surface area (Å²) in [6.45, 7) is 2.54. The first-order valence-corrected chi connectivity index (χ1v) is 8.27. The lowest BCUT2D eigenvalue weighted by atomic mass is 10.1. The molecule has 23 heavy (non-hydrogen) atoms. The van der Waals surface area contributed by atoms with Gasteiger partial charge in [0.25, 0.3) is 5.91 Å². The van der Waals surface area contributed by atoms with Gasteiger partial charge in [-0.3, -0.25) is 4.79 Å². The van der Waals surface area contributed by atoms with Gasteiger partial charge in [0.05, 0.1) is 5.69 Å². The van der Waals surface area contributed by atoms with Crippen LogP contribution in [0.5, 0.6) is 5.75 Å². The van der Waals surface area contributed by atoms with Crippen molar-refractivity contribution in [1.82, 2.24) is 0 Å². The van der Waals surface area contributed by atoms with Crippen LogP contribution in [0.4, 0.5) is 5.69 Å². The molecule has 0 saturated heterocycles. The molecule has 2 aromatic carbocycles. The lowest BCUT2D eigenvalue weighted by Gasteiger charge is -2.09. The van der Waals surface area contributed by atoms with E-state index < -0.39 is 0 Å². The Bertz CT molecular complexity index is 797. The molecule has 0 spiro atoms. The fourth-order valence-corrected chi connectivity index (χ4v) is 2.82. The van der Waals surface area contributed by atoms with E-state index in [0.717, 1.165) is 11.3 Å². The van der Waals surface area contributed by atoms with Gasteiger partial charge in [-0.1, -0.05) is 35.9 Å². The van der Waals surface area contributed by atoms with Crippen molar-refractivity contribution in [2.75, 3.05) is 5.32 Å². The summed E-state index contributed by atoms with van der Waals surface area (Å²) in [4.78, 5) is 12.2. The van der Waals surface area contributed by atoms with Crippen molar-refractivity contribution in [3.8, 4) is 5.75 Å². The number of carbonyl (C=O) groups excluding carboxylic acids is 1. The fourth-order valence-electron chi connectivity index (χ4n) is 2.23. The van der Waals surface area contributed by atoms with E-state index in [1.807, 2.05) is 41.1 Å². The van der Waals surface area contributed by atoms with Gasteiger partial charge in [-0.2, -0.15) is 11.3 Å². The molecule has 1 aromatic heterocycles. The molecule has 1 amide bonds. The van der Waals surface area contributed by atoms with E-state index in [4.69, 9.17) is 4.74 Å². The van der Waals surface area contributed by atoms with Gasteiger partial charge in [-0.15, -0.1) is 0 Å². The number of thiophene rings is 1. The molecule has 1 heterocycles. The highest BCUT2D eigenvalue weighted by atomic mass is 32.1. The van der Waals surface area contributed by atoms with E-state index in [-0.39, 0.29) is 5.91 Å². The Balaban J connectivity index is 1.66. The Hall–Kier alpha value is -2.59. The molecule has 3 rings (SSSR count). The molecule has 3 nitrogen and oxygen atoms in total. The van der Waals surface area contributed by atoms with E-state index in [0.29, 0.717) is 17.9 Å². The number of nitrogens with one attached hydrogen (secondary N) is 1. The van der Waals surface area contributed by atoms with Crippen molar-refractivity contribution < 1.29 is 9.53 Å². The lowest BCUT2D eigenvalue weighted by molar-refractivity contribution is 0.102. The predicted octanol–water partition coefficient (Wildman–Crippen LogP) is 4.89. The summed E-state index contributed by atoms with van der Waals surface area (Å²) < 4.78 is 5.80. The van der Waals surface area contributed by atoms with E-state index in [9.17, 15) is 4.79 Å². The van der Waals surface area contributed by atoms with E-state index >= 15 is 0 Å². The molecule has 0 atom stereocenters. The first-order chi connectivity index (χ1) is 11.2. The Morgan fingerprint density at radius 1 is 1.13 bits per heavy atom. The van der Waals surface area contributed by atoms with Gasteiger partial charge < -0.3 is 10.1 Å². The normalized spacial score (nSPS) is 10.3. The lowest BCUT2D eigenvalue weighted by Crippen LogP contribution is -2.11. The molecule has 3 aromatic rings. The third kappa shape index (κ3) is 4.20. The van der Waals surface area contributed by atoms with Crippen molar-refractivity contribution in [3.05, 3.63) is 82.0 Å². The molecular weight excluding hydrogens is 306 g/mol. The van der Waals surface area contributed by atoms with Crippen LogP contribution in [0.25, 0.3) is 0 Å². The Labute approximate surface area is 139 Å². The smallest absolute Gasteiger partial charge is 0.255 e. The minimum absolute atomic E-state index is 0.135. The third-order valence-electron chi connectivity index (χ3n) is 3.36. The molecule has 0 bridgehead atoms. The summed E-state index contributed by atoms with van der Waals surface area (Å²) in [5.74, 6) is 0.550. The number of aryl methyl sites for hydroxylation is 1. The van der Waals surface area contributed by atoms with Crippen LogP contribution in [0.1, 0.15) is 21.5 Å². The average Bonchev–Trinajstić information content (AvgIpc) is 3.06. The van der Waals surface area contributed by atoms with Crippen molar-refractivity contribution in [3.63, 3.8) is 0 Å². The van der Waals surface area contributed by atoms with Crippen LogP contribution in [0.2, 0.25) is 0 Å².